The second-order valence-electron chi connectivity index (χ2n) is 6.16. The summed E-state index contributed by atoms with van der Waals surface area (Å²) in [6, 6.07) is 6.36. The fraction of sp³-hybridized carbons (Fsp3) is 0.333. The molecule has 2 heterocycles. The molecule has 1 aromatic heterocycles. The zero-order chi connectivity index (χ0) is 19.4. The number of carbonyl (C=O) groups is 2. The number of rotatable bonds is 6. The van der Waals surface area contributed by atoms with Crippen molar-refractivity contribution in [3.8, 4) is 5.75 Å². The lowest BCUT2D eigenvalue weighted by Gasteiger charge is -2.14. The van der Waals surface area contributed by atoms with E-state index in [1.807, 2.05) is 13.1 Å². The molecule has 142 valence electrons. The lowest BCUT2D eigenvalue weighted by atomic mass is 10.1. The fourth-order valence-electron chi connectivity index (χ4n) is 2.83. The minimum Gasteiger partial charge on any atom is -0.487 e. The van der Waals surface area contributed by atoms with Gasteiger partial charge in [-0.3, -0.25) is 19.3 Å². The number of carbonyl (C=O) groups excluding carboxylic acids is 2. The molecule has 0 aliphatic carbocycles. The van der Waals surface area contributed by atoms with Gasteiger partial charge in [-0.1, -0.05) is 0 Å². The molecule has 0 bridgehead atoms. The first kappa shape index (κ1) is 18.4. The Kier molecular flexibility index (Phi) is 5.39. The van der Waals surface area contributed by atoms with Crippen molar-refractivity contribution in [1.29, 1.82) is 0 Å². The van der Waals surface area contributed by atoms with E-state index in [4.69, 9.17) is 10.5 Å². The molecule has 0 spiro atoms. The molecule has 9 heteroatoms. The summed E-state index contributed by atoms with van der Waals surface area (Å²) < 4.78 is 7.50. The Labute approximate surface area is 156 Å². The van der Waals surface area contributed by atoms with Crippen LogP contribution in [-0.2, 0) is 23.2 Å². The van der Waals surface area contributed by atoms with Crippen molar-refractivity contribution in [3.63, 3.8) is 0 Å². The number of nitrogens with zero attached hydrogens (tertiary/aromatic N) is 3. The predicted molar refractivity (Wildman–Crippen MR) is 100 cm³/mol. The number of amides is 2. The molecule has 9 nitrogen and oxygen atoms in total. The van der Waals surface area contributed by atoms with Gasteiger partial charge in [-0.2, -0.15) is 5.10 Å². The van der Waals surface area contributed by atoms with Crippen molar-refractivity contribution in [3.05, 3.63) is 41.7 Å². The van der Waals surface area contributed by atoms with Crippen LogP contribution in [0, 0.1) is 0 Å². The largest absolute Gasteiger partial charge is 0.487 e. The summed E-state index contributed by atoms with van der Waals surface area (Å²) in [5, 5.41) is 9.47. The third-order valence-corrected chi connectivity index (χ3v) is 4.38. The number of benzene rings is 1. The Balaban J connectivity index is 1.76. The quantitative estimate of drug-likeness (QED) is 0.488. The van der Waals surface area contributed by atoms with Crippen LogP contribution in [0.2, 0.25) is 0 Å². The van der Waals surface area contributed by atoms with Crippen LogP contribution in [0.1, 0.15) is 17.7 Å². The number of aliphatic imine (C=N–C) groups is 1. The zero-order valence-electron chi connectivity index (χ0n) is 15.2. The van der Waals surface area contributed by atoms with E-state index in [2.05, 4.69) is 20.7 Å². The summed E-state index contributed by atoms with van der Waals surface area (Å²) in [4.78, 5) is 28.4. The molecule has 1 atom stereocenters. The van der Waals surface area contributed by atoms with Crippen LogP contribution in [0.25, 0.3) is 0 Å². The van der Waals surface area contributed by atoms with Crippen LogP contribution < -0.4 is 21.1 Å². The van der Waals surface area contributed by atoms with Crippen LogP contribution in [0.15, 0.2) is 35.5 Å². The molecule has 1 fully saturated rings. The topological polar surface area (TPSA) is 124 Å². The van der Waals surface area contributed by atoms with Crippen LogP contribution in [-0.4, -0.2) is 46.9 Å². The molecule has 1 aliphatic rings. The lowest BCUT2D eigenvalue weighted by molar-refractivity contribution is -0.124. The summed E-state index contributed by atoms with van der Waals surface area (Å²) in [7, 11) is 3.34. The van der Waals surface area contributed by atoms with Gasteiger partial charge in [-0.25, -0.2) is 0 Å². The molecule has 4 N–H and O–H groups in total. The number of hydrogen-bond acceptors (Lipinski definition) is 6. The Morgan fingerprint density at radius 2 is 2.30 bits per heavy atom. The van der Waals surface area contributed by atoms with Gasteiger partial charge in [0.2, 0.25) is 5.91 Å². The van der Waals surface area contributed by atoms with Crippen molar-refractivity contribution in [2.24, 2.45) is 12.0 Å². The van der Waals surface area contributed by atoms with Crippen molar-refractivity contribution in [2.45, 2.75) is 19.1 Å². The third kappa shape index (κ3) is 4.08. The Morgan fingerprint density at radius 1 is 1.48 bits per heavy atom. The van der Waals surface area contributed by atoms with Gasteiger partial charge >= 0.3 is 0 Å². The predicted octanol–water partition coefficient (Wildman–Crippen LogP) is 0.00490. The summed E-state index contributed by atoms with van der Waals surface area (Å²) in [5.41, 5.74) is 7.95. The van der Waals surface area contributed by atoms with E-state index in [-0.39, 0.29) is 11.6 Å². The molecule has 2 amide bonds. The van der Waals surface area contributed by atoms with Gasteiger partial charge in [0, 0.05) is 38.1 Å². The molecule has 1 aliphatic heterocycles. The number of ether oxygens (including phenoxy) is 1. The lowest BCUT2D eigenvalue weighted by Crippen LogP contribution is -2.43. The highest BCUT2D eigenvalue weighted by Crippen LogP contribution is 2.22. The molecule has 1 aromatic carbocycles. The molecule has 1 saturated heterocycles. The highest BCUT2D eigenvalue weighted by molar-refractivity contribution is 6.46. The number of anilines is 1. The van der Waals surface area contributed by atoms with Gasteiger partial charge in [0.05, 0.1) is 5.69 Å². The van der Waals surface area contributed by atoms with Crippen LogP contribution in [0.4, 0.5) is 5.69 Å². The maximum Gasteiger partial charge on any atom is 0.270 e. The minimum absolute atomic E-state index is 0.151. The van der Waals surface area contributed by atoms with E-state index in [0.717, 1.165) is 5.69 Å². The number of aromatic nitrogens is 2. The highest BCUT2D eigenvalue weighted by atomic mass is 16.5. The van der Waals surface area contributed by atoms with E-state index in [1.165, 1.54) is 7.05 Å². The van der Waals surface area contributed by atoms with Crippen molar-refractivity contribution < 1.29 is 14.3 Å². The van der Waals surface area contributed by atoms with Crippen molar-refractivity contribution in [1.82, 2.24) is 20.4 Å². The number of hydrogen-bond donors (Lipinski definition) is 3. The Hall–Kier alpha value is -3.36. The van der Waals surface area contributed by atoms with E-state index in [1.54, 1.807) is 29.1 Å². The Bertz CT molecular complexity index is 889. The number of nitrogens with two attached hydrogens (primary N) is 1. The molecular weight excluding hydrogens is 348 g/mol. The first-order chi connectivity index (χ1) is 13.0. The minimum atomic E-state index is -0.556. The van der Waals surface area contributed by atoms with Gasteiger partial charge in [0.1, 0.15) is 24.1 Å². The molecule has 27 heavy (non-hydrogen) atoms. The maximum absolute atomic E-state index is 12.6. The monoisotopic (exact) mass is 370 g/mol. The van der Waals surface area contributed by atoms with Crippen LogP contribution >= 0.6 is 0 Å². The van der Waals surface area contributed by atoms with Gasteiger partial charge in [0.15, 0.2) is 0 Å². The normalized spacial score (nSPS) is 16.9. The third-order valence-electron chi connectivity index (χ3n) is 4.38. The zero-order valence-corrected chi connectivity index (χ0v) is 15.2. The smallest absolute Gasteiger partial charge is 0.270 e. The van der Waals surface area contributed by atoms with Gasteiger partial charge < -0.3 is 21.1 Å². The number of nitrogen functional groups attached to an aromatic ring is 1. The maximum atomic E-state index is 12.6. The number of nitrogens with one attached hydrogen (secondary N) is 2. The Morgan fingerprint density at radius 3 is 2.93 bits per heavy atom. The SMILES string of the molecule is CN=C(C(=O)NC1CCNC1=O)c1cc(OCc2ccnn2C)ccc1N. The summed E-state index contributed by atoms with van der Waals surface area (Å²) in [6.07, 6.45) is 2.24. The van der Waals surface area contributed by atoms with Gasteiger partial charge in [-0.05, 0) is 30.7 Å². The fourth-order valence-corrected chi connectivity index (χ4v) is 2.83. The molecule has 0 radical (unpaired) electrons. The second kappa shape index (κ2) is 7.90. The molecule has 0 saturated carbocycles. The molecular formula is C18H22N6O3. The molecule has 3 rings (SSSR count). The first-order valence-corrected chi connectivity index (χ1v) is 8.54. The summed E-state index contributed by atoms with van der Waals surface area (Å²) in [6.45, 7) is 0.870. The number of aryl methyl sites for hydroxylation is 1. The van der Waals surface area contributed by atoms with Crippen molar-refractivity contribution >= 4 is 23.2 Å². The van der Waals surface area contributed by atoms with E-state index < -0.39 is 11.9 Å². The van der Waals surface area contributed by atoms with E-state index >= 15 is 0 Å². The average molecular weight is 370 g/mol. The first-order valence-electron chi connectivity index (χ1n) is 8.54. The van der Waals surface area contributed by atoms with Gasteiger partial charge in [-0.15, -0.1) is 0 Å². The molecule has 1 unspecified atom stereocenters. The van der Waals surface area contributed by atoms with E-state index in [9.17, 15) is 9.59 Å². The van der Waals surface area contributed by atoms with E-state index in [0.29, 0.717) is 36.6 Å². The standard InChI is InChI=1S/C18H22N6O3/c1-20-16(18(26)23-15-6-7-21-17(15)25)13-9-12(3-4-14(13)19)27-10-11-5-8-22-24(11)2/h3-5,8-9,15H,6-7,10,19H2,1-2H3,(H,21,25)(H,23,26). The van der Waals surface area contributed by atoms with Crippen LogP contribution in [0.3, 0.4) is 0 Å². The second-order valence-corrected chi connectivity index (χ2v) is 6.16. The van der Waals surface area contributed by atoms with Crippen molar-refractivity contribution in [2.75, 3.05) is 19.3 Å². The van der Waals surface area contributed by atoms with Crippen LogP contribution in [0.5, 0.6) is 5.75 Å². The average Bonchev–Trinajstić information content (AvgIpc) is 3.24. The van der Waals surface area contributed by atoms with Gasteiger partial charge in [0.25, 0.3) is 5.91 Å². The highest BCUT2D eigenvalue weighted by Gasteiger charge is 2.28. The molecule has 2 aromatic rings. The summed E-state index contributed by atoms with van der Waals surface area (Å²) >= 11 is 0. The summed E-state index contributed by atoms with van der Waals surface area (Å²) in [5.74, 6) is -0.0944.